The van der Waals surface area contributed by atoms with Crippen LogP contribution in [0.4, 0.5) is 11.4 Å². The van der Waals surface area contributed by atoms with E-state index in [1.807, 2.05) is 0 Å². The number of fused-ring (bicyclic) bond motifs is 2. The van der Waals surface area contributed by atoms with Gasteiger partial charge in [-0.15, -0.1) is 23.7 Å². The highest BCUT2D eigenvalue weighted by atomic mass is 35.5. The second-order valence-corrected chi connectivity index (χ2v) is 7.94. The monoisotopic (exact) mass is 434 g/mol. The Morgan fingerprint density at radius 3 is 2.86 bits per heavy atom. The molecule has 2 aromatic heterocycles. The van der Waals surface area contributed by atoms with Crippen molar-refractivity contribution in [3.05, 3.63) is 44.8 Å². The molecule has 4 rings (SSSR count). The molecule has 3 N–H and O–H groups in total. The minimum atomic E-state index is -0.306. The molecule has 9 heteroatoms. The fourth-order valence-corrected chi connectivity index (χ4v) is 4.66. The van der Waals surface area contributed by atoms with Gasteiger partial charge in [-0.25, -0.2) is 4.98 Å². The number of rotatable bonds is 3. The van der Waals surface area contributed by atoms with Gasteiger partial charge < -0.3 is 15.8 Å². The number of aryl methyl sites for hydroxylation is 2. The number of nitrogens with two attached hydrogens (primary N) is 1. The summed E-state index contributed by atoms with van der Waals surface area (Å²) in [4.78, 5) is 31.8. The van der Waals surface area contributed by atoms with E-state index in [4.69, 9.17) is 15.5 Å². The summed E-state index contributed by atoms with van der Waals surface area (Å²) >= 11 is 1.25. The molecule has 29 heavy (non-hydrogen) atoms. The number of nitrogen functional groups attached to an aromatic ring is 1. The quantitative estimate of drug-likeness (QED) is 0.611. The molecule has 0 aliphatic carbocycles. The third-order valence-electron chi connectivity index (χ3n) is 5.13. The molecular formula is C20H23ClN4O3S. The smallest absolute Gasteiger partial charge is 0.266 e. The van der Waals surface area contributed by atoms with Crippen molar-refractivity contribution in [1.29, 1.82) is 0 Å². The van der Waals surface area contributed by atoms with Crippen molar-refractivity contribution in [1.82, 2.24) is 9.55 Å². The van der Waals surface area contributed by atoms with Crippen LogP contribution in [0.2, 0.25) is 0 Å². The lowest BCUT2D eigenvalue weighted by Gasteiger charge is -2.09. The summed E-state index contributed by atoms with van der Waals surface area (Å²) in [5, 5.41) is 3.37. The molecule has 0 saturated carbocycles. The molecule has 0 saturated heterocycles. The van der Waals surface area contributed by atoms with E-state index in [0.29, 0.717) is 44.3 Å². The Morgan fingerprint density at radius 1 is 1.31 bits per heavy atom. The maximum absolute atomic E-state index is 13.0. The summed E-state index contributed by atoms with van der Waals surface area (Å²) in [6.07, 6.45) is 3.91. The van der Waals surface area contributed by atoms with Gasteiger partial charge in [0.05, 0.1) is 28.7 Å². The largest absolute Gasteiger partial charge is 0.497 e. The zero-order valence-electron chi connectivity index (χ0n) is 16.3. The summed E-state index contributed by atoms with van der Waals surface area (Å²) in [5.41, 5.74) is 7.51. The number of amides is 1. The Morgan fingerprint density at radius 2 is 2.10 bits per heavy atom. The van der Waals surface area contributed by atoms with Crippen LogP contribution >= 0.6 is 23.7 Å². The zero-order valence-corrected chi connectivity index (χ0v) is 17.9. The minimum absolute atomic E-state index is 0. The summed E-state index contributed by atoms with van der Waals surface area (Å²) in [5.74, 6) is 1.11. The van der Waals surface area contributed by atoms with E-state index >= 15 is 0 Å². The van der Waals surface area contributed by atoms with Gasteiger partial charge in [0.2, 0.25) is 0 Å². The molecule has 3 aromatic rings. The first-order chi connectivity index (χ1) is 13.5. The third-order valence-corrected chi connectivity index (χ3v) is 6.31. The molecule has 0 atom stereocenters. The molecular weight excluding hydrogens is 412 g/mol. The molecule has 7 nitrogen and oxygen atoms in total. The fraction of sp³-hybridized carbons (Fsp3) is 0.350. The molecule has 0 fully saturated rings. The lowest BCUT2D eigenvalue weighted by Crippen LogP contribution is -2.24. The number of hydrogen-bond acceptors (Lipinski definition) is 6. The zero-order chi connectivity index (χ0) is 19.8. The maximum atomic E-state index is 13.0. The first-order valence-corrected chi connectivity index (χ1v) is 10.1. The number of thiophene rings is 1. The van der Waals surface area contributed by atoms with Gasteiger partial charge >= 0.3 is 0 Å². The van der Waals surface area contributed by atoms with Crippen molar-refractivity contribution < 1.29 is 9.53 Å². The fourth-order valence-electron chi connectivity index (χ4n) is 3.58. The van der Waals surface area contributed by atoms with E-state index in [1.54, 1.807) is 36.8 Å². The number of anilines is 2. The predicted octanol–water partition coefficient (Wildman–Crippen LogP) is 3.76. The standard InChI is InChI=1S/C20H22N4O3S.ClH/c1-11-16-19(23-15-6-4-3-5-9-24(15)20(16)26)28-17(11)18(25)22-14-10-12(27-2)7-8-13(14)21;/h7-8,10H,3-6,9,21H2,1-2H3,(H,22,25);1H. The summed E-state index contributed by atoms with van der Waals surface area (Å²) < 4.78 is 6.97. The molecule has 0 spiro atoms. The first kappa shape index (κ1) is 21.1. The van der Waals surface area contributed by atoms with Gasteiger partial charge in [-0.05, 0) is 37.5 Å². The van der Waals surface area contributed by atoms with Gasteiger partial charge in [-0.1, -0.05) is 6.42 Å². The number of halogens is 1. The Bertz CT molecular complexity index is 1140. The third kappa shape index (κ3) is 3.82. The first-order valence-electron chi connectivity index (χ1n) is 9.27. The van der Waals surface area contributed by atoms with E-state index in [0.717, 1.165) is 31.5 Å². The van der Waals surface area contributed by atoms with Gasteiger partial charge in [0, 0.05) is 19.0 Å². The van der Waals surface area contributed by atoms with Gasteiger partial charge in [0.1, 0.15) is 16.4 Å². The highest BCUT2D eigenvalue weighted by Gasteiger charge is 2.22. The molecule has 1 aliphatic rings. The van der Waals surface area contributed by atoms with Crippen LogP contribution < -0.4 is 21.3 Å². The van der Waals surface area contributed by atoms with Crippen LogP contribution in [-0.4, -0.2) is 22.6 Å². The van der Waals surface area contributed by atoms with Crippen LogP contribution in [0.5, 0.6) is 5.75 Å². The molecule has 0 radical (unpaired) electrons. The lowest BCUT2D eigenvalue weighted by molar-refractivity contribution is 0.103. The number of nitrogens with one attached hydrogen (secondary N) is 1. The van der Waals surface area contributed by atoms with E-state index in [1.165, 1.54) is 11.3 Å². The van der Waals surface area contributed by atoms with Crippen molar-refractivity contribution in [2.24, 2.45) is 0 Å². The topological polar surface area (TPSA) is 99.2 Å². The normalized spacial score (nSPS) is 13.3. The Hall–Kier alpha value is -2.58. The van der Waals surface area contributed by atoms with E-state index in [-0.39, 0.29) is 23.9 Å². The van der Waals surface area contributed by atoms with Crippen molar-refractivity contribution in [3.63, 3.8) is 0 Å². The van der Waals surface area contributed by atoms with Crippen LogP contribution in [0.15, 0.2) is 23.0 Å². The number of ether oxygens (including phenoxy) is 1. The number of benzene rings is 1. The average molecular weight is 435 g/mol. The highest BCUT2D eigenvalue weighted by molar-refractivity contribution is 7.20. The second kappa shape index (κ2) is 8.42. The average Bonchev–Trinajstić information content (AvgIpc) is 2.85. The number of hydrogen-bond donors (Lipinski definition) is 2. The van der Waals surface area contributed by atoms with Crippen LogP contribution in [0.25, 0.3) is 10.2 Å². The van der Waals surface area contributed by atoms with Crippen LogP contribution in [0, 0.1) is 6.92 Å². The van der Waals surface area contributed by atoms with Crippen molar-refractivity contribution in [2.45, 2.75) is 39.2 Å². The number of carbonyl (C=O) groups excluding carboxylic acids is 1. The molecule has 0 bridgehead atoms. The lowest BCUT2D eigenvalue weighted by atomic mass is 10.2. The Balaban J connectivity index is 0.00000240. The van der Waals surface area contributed by atoms with E-state index in [9.17, 15) is 9.59 Å². The molecule has 154 valence electrons. The summed E-state index contributed by atoms with van der Waals surface area (Å²) in [6, 6.07) is 5.08. The van der Waals surface area contributed by atoms with Crippen molar-refractivity contribution in [3.8, 4) is 5.75 Å². The second-order valence-electron chi connectivity index (χ2n) is 6.94. The number of aromatic nitrogens is 2. The molecule has 0 unspecified atom stereocenters. The van der Waals surface area contributed by atoms with Gasteiger partial charge in [-0.2, -0.15) is 0 Å². The van der Waals surface area contributed by atoms with E-state index in [2.05, 4.69) is 5.32 Å². The maximum Gasteiger partial charge on any atom is 0.266 e. The molecule has 3 heterocycles. The van der Waals surface area contributed by atoms with Crippen molar-refractivity contribution in [2.75, 3.05) is 18.2 Å². The summed E-state index contributed by atoms with van der Waals surface area (Å²) in [7, 11) is 1.55. The van der Waals surface area contributed by atoms with Gasteiger partial charge in [-0.3, -0.25) is 14.2 Å². The Labute approximate surface area is 178 Å². The number of nitrogens with zero attached hydrogens (tertiary/aromatic N) is 2. The molecule has 1 amide bonds. The number of carbonyl (C=O) groups is 1. The van der Waals surface area contributed by atoms with Crippen molar-refractivity contribution >= 4 is 51.2 Å². The predicted molar refractivity (Wildman–Crippen MR) is 119 cm³/mol. The number of methoxy groups -OCH3 is 1. The van der Waals surface area contributed by atoms with Gasteiger partial charge in [0.25, 0.3) is 11.5 Å². The molecule has 1 aliphatic heterocycles. The van der Waals surface area contributed by atoms with Crippen LogP contribution in [-0.2, 0) is 13.0 Å². The molecule has 1 aromatic carbocycles. The highest BCUT2D eigenvalue weighted by Crippen LogP contribution is 2.30. The van der Waals surface area contributed by atoms with E-state index < -0.39 is 0 Å². The minimum Gasteiger partial charge on any atom is -0.497 e. The SMILES string of the molecule is COc1ccc(N)c(NC(=O)c2sc3nc4n(c(=O)c3c2C)CCCCC4)c1.Cl. The van der Waals surface area contributed by atoms with Crippen LogP contribution in [0.1, 0.15) is 40.3 Å². The van der Waals surface area contributed by atoms with Crippen LogP contribution in [0.3, 0.4) is 0 Å². The van der Waals surface area contributed by atoms with Gasteiger partial charge in [0.15, 0.2) is 0 Å². The Kier molecular flexibility index (Phi) is 6.14. The summed E-state index contributed by atoms with van der Waals surface area (Å²) in [6.45, 7) is 2.49.